The minimum Gasteiger partial charge on any atom is -0.755 e. The highest BCUT2D eigenvalue weighted by Gasteiger charge is 2.26. The third kappa shape index (κ3) is 8.50. The van der Waals surface area contributed by atoms with Gasteiger partial charge in [-0.25, -0.2) is 14.0 Å². The van der Waals surface area contributed by atoms with Gasteiger partial charge in [-0.3, -0.25) is 9.11 Å². The number of amides is 1. The number of methoxy groups -OCH3 is 1. The number of carbonyl (C=O) groups is 2. The molecule has 3 rings (SSSR count). The van der Waals surface area contributed by atoms with Crippen LogP contribution in [0.4, 0.5) is 14.9 Å². The van der Waals surface area contributed by atoms with Crippen molar-refractivity contribution < 1.29 is 32.2 Å². The van der Waals surface area contributed by atoms with E-state index in [9.17, 15) is 22.7 Å². The smallest absolute Gasteiger partial charge is 0.410 e. The number of benzene rings is 2. The minimum absolute atomic E-state index is 0.124. The molecule has 1 amide bonds. The zero-order valence-corrected chi connectivity index (χ0v) is 23.1. The molecule has 0 bridgehead atoms. The van der Waals surface area contributed by atoms with E-state index in [1.807, 2.05) is 39.0 Å². The van der Waals surface area contributed by atoms with E-state index in [-0.39, 0.29) is 18.2 Å². The van der Waals surface area contributed by atoms with Gasteiger partial charge in [0.25, 0.3) is 0 Å². The lowest BCUT2D eigenvalue weighted by atomic mass is 10.1. The van der Waals surface area contributed by atoms with Crippen molar-refractivity contribution in [2.75, 3.05) is 44.1 Å². The molecule has 1 saturated heterocycles. The van der Waals surface area contributed by atoms with E-state index in [0.717, 1.165) is 11.6 Å². The Morgan fingerprint density at radius 2 is 1.82 bits per heavy atom. The summed E-state index contributed by atoms with van der Waals surface area (Å²) in [5, 5.41) is 0. The number of hydrogen-bond acceptors (Lipinski definition) is 7. The predicted molar refractivity (Wildman–Crippen MR) is 142 cm³/mol. The highest BCUT2D eigenvalue weighted by atomic mass is 32.2. The van der Waals surface area contributed by atoms with Crippen molar-refractivity contribution in [2.45, 2.75) is 45.8 Å². The van der Waals surface area contributed by atoms with Gasteiger partial charge in [0, 0.05) is 56.2 Å². The highest BCUT2D eigenvalue weighted by molar-refractivity contribution is 7.80. The van der Waals surface area contributed by atoms with Crippen LogP contribution in [0.3, 0.4) is 0 Å². The number of rotatable bonds is 9. The Morgan fingerprint density at radius 3 is 2.42 bits per heavy atom. The van der Waals surface area contributed by atoms with Gasteiger partial charge in [0.05, 0.1) is 12.7 Å². The molecule has 0 aliphatic carbocycles. The maximum Gasteiger partial charge on any atom is 0.410 e. The second-order valence-corrected chi connectivity index (χ2v) is 11.0. The molecule has 0 aromatic heterocycles. The first-order valence-corrected chi connectivity index (χ1v) is 13.5. The highest BCUT2D eigenvalue weighted by Crippen LogP contribution is 2.21. The van der Waals surface area contributed by atoms with Crippen LogP contribution >= 0.6 is 0 Å². The second-order valence-electron chi connectivity index (χ2n) is 10.1. The van der Waals surface area contributed by atoms with Gasteiger partial charge in [0.2, 0.25) is 0 Å². The molecule has 1 aliphatic heterocycles. The molecule has 38 heavy (non-hydrogen) atoms. The van der Waals surface area contributed by atoms with E-state index >= 15 is 0 Å². The Bertz CT molecular complexity index is 1150. The molecule has 2 aromatic carbocycles. The van der Waals surface area contributed by atoms with Gasteiger partial charge in [0.1, 0.15) is 11.4 Å². The molecule has 2 aromatic rings. The number of esters is 1. The number of anilines is 1. The van der Waals surface area contributed by atoms with Crippen molar-refractivity contribution in [1.82, 2.24) is 9.80 Å². The van der Waals surface area contributed by atoms with Crippen molar-refractivity contribution >= 4 is 29.0 Å². The van der Waals surface area contributed by atoms with Crippen molar-refractivity contribution in [3.05, 3.63) is 65.0 Å². The molecule has 11 heteroatoms. The van der Waals surface area contributed by atoms with Gasteiger partial charge in [0.15, 0.2) is 0 Å². The van der Waals surface area contributed by atoms with Gasteiger partial charge in [-0.2, -0.15) is 0 Å². The summed E-state index contributed by atoms with van der Waals surface area (Å²) in [5.74, 6) is -1.15. The molecular formula is C27H35FN3O6S-. The van der Waals surface area contributed by atoms with Crippen molar-refractivity contribution in [3.63, 3.8) is 0 Å². The summed E-state index contributed by atoms with van der Waals surface area (Å²) in [6.07, 6.45) is 0.383. The molecule has 1 unspecified atom stereocenters. The van der Waals surface area contributed by atoms with Crippen LogP contribution in [0.15, 0.2) is 42.5 Å². The maximum atomic E-state index is 14.4. The number of halogens is 1. The fourth-order valence-electron chi connectivity index (χ4n) is 4.18. The topological polar surface area (TPSA) is 102 Å². The fraction of sp³-hybridized carbons (Fsp3) is 0.481. The van der Waals surface area contributed by atoms with Crippen LogP contribution in [0.1, 0.15) is 48.7 Å². The molecule has 9 nitrogen and oxygen atoms in total. The van der Waals surface area contributed by atoms with E-state index < -0.39 is 28.7 Å². The Labute approximate surface area is 225 Å². The normalized spacial score (nSPS) is 15.2. The number of ether oxygens (including phenoxy) is 2. The number of nitrogens with zero attached hydrogens (tertiary/aromatic N) is 3. The molecule has 0 N–H and O–H groups in total. The quantitative estimate of drug-likeness (QED) is 0.346. The number of carbonyl (C=O) groups excluding carboxylic acids is 2. The molecular weight excluding hydrogens is 513 g/mol. The lowest BCUT2D eigenvalue weighted by Gasteiger charge is -2.35. The van der Waals surface area contributed by atoms with Crippen LogP contribution in [0.2, 0.25) is 0 Å². The second kappa shape index (κ2) is 13.2. The summed E-state index contributed by atoms with van der Waals surface area (Å²) in [6.45, 7) is 8.80. The van der Waals surface area contributed by atoms with E-state index in [0.29, 0.717) is 56.8 Å². The van der Waals surface area contributed by atoms with Crippen LogP contribution in [0.25, 0.3) is 0 Å². The molecule has 0 saturated carbocycles. The van der Waals surface area contributed by atoms with Gasteiger partial charge < -0.3 is 23.2 Å². The van der Waals surface area contributed by atoms with Crippen LogP contribution in [0, 0.1) is 5.82 Å². The molecule has 1 fully saturated rings. The third-order valence-corrected chi connectivity index (χ3v) is 6.84. The SMILES string of the molecule is COC(=O)c1ccc(CCCN(c2cccc(CN3CCN(C(=O)OC(C)(C)C)CC3)c2)S(=O)[O-])c(F)c1. The Hall–Kier alpha value is -3.02. The van der Waals surface area contributed by atoms with Crippen molar-refractivity contribution in [3.8, 4) is 0 Å². The van der Waals surface area contributed by atoms with E-state index in [2.05, 4.69) is 9.64 Å². The summed E-state index contributed by atoms with van der Waals surface area (Å²) in [4.78, 5) is 27.8. The standard InChI is InChI=1S/C27H36FN3O6S/c1-27(2,3)37-26(33)30-15-13-29(14-16-30)19-20-7-5-9-23(17-20)31(38(34)35)12-6-8-21-10-11-22(18-24(21)28)25(32)36-4/h5,7,9-11,17-18H,6,8,12-16,19H2,1-4H3,(H,34,35)/p-1. The van der Waals surface area contributed by atoms with Crippen molar-refractivity contribution in [2.24, 2.45) is 0 Å². The Balaban J connectivity index is 1.56. The minimum atomic E-state index is -2.51. The number of hydrogen-bond donors (Lipinski definition) is 0. The summed E-state index contributed by atoms with van der Waals surface area (Å²) in [7, 11) is 1.23. The van der Waals surface area contributed by atoms with Crippen LogP contribution < -0.4 is 4.31 Å². The van der Waals surface area contributed by atoms with E-state index in [1.54, 1.807) is 11.0 Å². The zero-order valence-electron chi connectivity index (χ0n) is 22.3. The fourth-order valence-corrected chi connectivity index (χ4v) is 4.74. The predicted octanol–water partition coefficient (Wildman–Crippen LogP) is 3.90. The van der Waals surface area contributed by atoms with Gasteiger partial charge in [-0.15, -0.1) is 0 Å². The van der Waals surface area contributed by atoms with Crippen LogP contribution in [-0.4, -0.2) is 76.1 Å². The van der Waals surface area contributed by atoms with Crippen LogP contribution in [0.5, 0.6) is 0 Å². The first kappa shape index (κ1) is 29.5. The Kier molecular flexibility index (Phi) is 10.2. The Morgan fingerprint density at radius 1 is 1.11 bits per heavy atom. The molecule has 208 valence electrons. The first-order valence-electron chi connectivity index (χ1n) is 12.5. The first-order chi connectivity index (χ1) is 18.0. The van der Waals surface area contributed by atoms with E-state index in [4.69, 9.17) is 4.74 Å². The average molecular weight is 549 g/mol. The van der Waals surface area contributed by atoms with Crippen molar-refractivity contribution in [1.29, 1.82) is 0 Å². The monoisotopic (exact) mass is 548 g/mol. The molecule has 1 heterocycles. The molecule has 0 radical (unpaired) electrons. The van der Waals surface area contributed by atoms with Gasteiger partial charge in [-0.1, -0.05) is 18.2 Å². The lowest BCUT2D eigenvalue weighted by Crippen LogP contribution is -2.49. The maximum absolute atomic E-state index is 14.4. The molecule has 0 spiro atoms. The van der Waals surface area contributed by atoms with Gasteiger partial charge in [-0.05, 0) is 69.0 Å². The lowest BCUT2D eigenvalue weighted by molar-refractivity contribution is 0.0139. The van der Waals surface area contributed by atoms with E-state index in [1.165, 1.54) is 23.5 Å². The molecule has 1 atom stereocenters. The summed E-state index contributed by atoms with van der Waals surface area (Å²) in [6, 6.07) is 11.4. The summed E-state index contributed by atoms with van der Waals surface area (Å²) < 4.78 is 49.7. The van der Waals surface area contributed by atoms with Crippen LogP contribution in [-0.2, 0) is 33.7 Å². The van der Waals surface area contributed by atoms with Gasteiger partial charge >= 0.3 is 12.1 Å². The summed E-state index contributed by atoms with van der Waals surface area (Å²) in [5.41, 5.74) is 1.47. The number of aryl methyl sites for hydroxylation is 1. The third-order valence-electron chi connectivity index (χ3n) is 6.09. The summed E-state index contributed by atoms with van der Waals surface area (Å²) >= 11 is -2.51. The average Bonchev–Trinajstić information content (AvgIpc) is 2.86. The molecule has 1 aliphatic rings. The largest absolute Gasteiger partial charge is 0.755 e. The number of piperazine rings is 1. The zero-order chi connectivity index (χ0) is 27.9.